The van der Waals surface area contributed by atoms with Gasteiger partial charge in [-0.15, -0.1) is 0 Å². The van der Waals surface area contributed by atoms with E-state index >= 15 is 0 Å². The Bertz CT molecular complexity index is 650. The number of methoxy groups -OCH3 is 2. The summed E-state index contributed by atoms with van der Waals surface area (Å²) in [6.45, 7) is 1.57. The molecule has 0 N–H and O–H groups in total. The fraction of sp³-hybridized carbons (Fsp3) is 0.167. The summed E-state index contributed by atoms with van der Waals surface area (Å²) in [7, 11) is 3.25. The molecule has 3 heteroatoms. The first kappa shape index (κ1) is 14.9. The van der Waals surface area contributed by atoms with Gasteiger partial charge >= 0.3 is 0 Å². The number of hydrogen-bond acceptors (Lipinski definition) is 3. The van der Waals surface area contributed by atoms with Gasteiger partial charge in [-0.25, -0.2) is 0 Å². The molecule has 0 amide bonds. The molecule has 0 unspecified atom stereocenters. The third kappa shape index (κ3) is 3.96. The second-order valence-electron chi connectivity index (χ2n) is 4.66. The molecule has 2 rings (SSSR count). The van der Waals surface area contributed by atoms with Crippen LogP contribution in [0.5, 0.6) is 11.5 Å². The highest BCUT2D eigenvalue weighted by Gasteiger charge is 2.01. The molecule has 3 nitrogen and oxygen atoms in total. The van der Waals surface area contributed by atoms with Crippen LogP contribution < -0.4 is 9.47 Å². The van der Waals surface area contributed by atoms with E-state index in [2.05, 4.69) is 0 Å². The molecular formula is C18H18O3. The van der Waals surface area contributed by atoms with Gasteiger partial charge in [0.15, 0.2) is 5.78 Å². The number of benzene rings is 2. The van der Waals surface area contributed by atoms with Crippen molar-refractivity contribution in [2.24, 2.45) is 0 Å². The smallest absolute Gasteiger partial charge is 0.159 e. The molecule has 0 atom stereocenters. The average molecular weight is 282 g/mol. The highest BCUT2D eigenvalue weighted by atomic mass is 16.5. The maximum Gasteiger partial charge on any atom is 0.159 e. The molecule has 0 aliphatic rings. The lowest BCUT2D eigenvalue weighted by atomic mass is 10.1. The van der Waals surface area contributed by atoms with Gasteiger partial charge in [0, 0.05) is 11.6 Å². The molecule has 2 aromatic rings. The van der Waals surface area contributed by atoms with E-state index in [9.17, 15) is 4.79 Å². The van der Waals surface area contributed by atoms with Gasteiger partial charge in [0.05, 0.1) is 14.2 Å². The number of ether oxygens (including phenoxy) is 2. The molecule has 0 radical (unpaired) electrons. The van der Waals surface area contributed by atoms with E-state index in [-0.39, 0.29) is 5.78 Å². The summed E-state index contributed by atoms with van der Waals surface area (Å²) in [5, 5.41) is 0. The lowest BCUT2D eigenvalue weighted by Crippen LogP contribution is -1.91. The number of rotatable bonds is 5. The van der Waals surface area contributed by atoms with Crippen LogP contribution in [0.15, 0.2) is 42.5 Å². The van der Waals surface area contributed by atoms with Gasteiger partial charge in [0.25, 0.3) is 0 Å². The zero-order valence-corrected chi connectivity index (χ0v) is 12.4. The van der Waals surface area contributed by atoms with E-state index in [1.165, 1.54) is 0 Å². The molecule has 0 aliphatic carbocycles. The molecule has 0 bridgehead atoms. The number of carbonyl (C=O) groups is 1. The Labute approximate surface area is 124 Å². The van der Waals surface area contributed by atoms with Crippen molar-refractivity contribution in [1.29, 1.82) is 0 Å². The van der Waals surface area contributed by atoms with Crippen molar-refractivity contribution in [1.82, 2.24) is 0 Å². The van der Waals surface area contributed by atoms with Crippen LogP contribution in [0.3, 0.4) is 0 Å². The minimum Gasteiger partial charge on any atom is -0.497 e. The van der Waals surface area contributed by atoms with E-state index in [4.69, 9.17) is 9.47 Å². The average Bonchev–Trinajstić information content (AvgIpc) is 2.52. The molecule has 0 aromatic heterocycles. The molecular weight excluding hydrogens is 264 g/mol. The minimum absolute atomic E-state index is 0.0632. The Morgan fingerprint density at radius 3 is 2.10 bits per heavy atom. The summed E-state index contributed by atoms with van der Waals surface area (Å²) in [5.74, 6) is 1.55. The Kier molecular flexibility index (Phi) is 4.77. The molecule has 0 fully saturated rings. The highest BCUT2D eigenvalue weighted by Crippen LogP contribution is 2.23. The van der Waals surface area contributed by atoms with Crippen molar-refractivity contribution in [3.05, 3.63) is 59.2 Å². The second-order valence-corrected chi connectivity index (χ2v) is 4.66. The van der Waals surface area contributed by atoms with E-state index < -0.39 is 0 Å². The van der Waals surface area contributed by atoms with E-state index in [1.54, 1.807) is 21.1 Å². The van der Waals surface area contributed by atoms with Crippen molar-refractivity contribution in [3.8, 4) is 11.5 Å². The standard InChI is InChI=1S/C18H18O3/c1-13(19)16-6-4-5-14(9-16)7-8-15-10-17(20-2)12-18(11-15)21-3/h4-12H,1-3H3. The van der Waals surface area contributed by atoms with Crippen LogP contribution >= 0.6 is 0 Å². The first-order chi connectivity index (χ1) is 10.1. The van der Waals surface area contributed by atoms with Crippen LogP contribution in [0.4, 0.5) is 0 Å². The third-order valence-electron chi connectivity index (χ3n) is 3.14. The summed E-state index contributed by atoms with van der Waals surface area (Å²) in [4.78, 5) is 11.4. The largest absolute Gasteiger partial charge is 0.497 e. The van der Waals surface area contributed by atoms with Crippen LogP contribution in [0.25, 0.3) is 12.2 Å². The molecule has 108 valence electrons. The van der Waals surface area contributed by atoms with Gasteiger partial charge in [-0.2, -0.15) is 0 Å². The van der Waals surface area contributed by atoms with Gasteiger partial charge in [0.1, 0.15) is 11.5 Å². The van der Waals surface area contributed by atoms with Crippen LogP contribution in [0.1, 0.15) is 28.4 Å². The summed E-state index contributed by atoms with van der Waals surface area (Å²) < 4.78 is 10.5. The van der Waals surface area contributed by atoms with E-state index in [0.29, 0.717) is 5.56 Å². The molecule has 21 heavy (non-hydrogen) atoms. The fourth-order valence-corrected chi connectivity index (χ4v) is 1.98. The van der Waals surface area contributed by atoms with Crippen LogP contribution in [0, 0.1) is 0 Å². The lowest BCUT2D eigenvalue weighted by Gasteiger charge is -2.05. The molecule has 0 spiro atoms. The number of hydrogen-bond donors (Lipinski definition) is 0. The maximum absolute atomic E-state index is 11.4. The highest BCUT2D eigenvalue weighted by molar-refractivity contribution is 5.94. The Balaban J connectivity index is 2.28. The zero-order valence-electron chi connectivity index (χ0n) is 12.4. The SMILES string of the molecule is COc1cc(C=Cc2cccc(C(C)=O)c2)cc(OC)c1. The molecule has 2 aromatic carbocycles. The Hall–Kier alpha value is -2.55. The van der Waals surface area contributed by atoms with Gasteiger partial charge < -0.3 is 9.47 Å². The summed E-state index contributed by atoms with van der Waals surface area (Å²) in [6, 6.07) is 13.2. The van der Waals surface area contributed by atoms with Crippen molar-refractivity contribution < 1.29 is 14.3 Å². The fourth-order valence-electron chi connectivity index (χ4n) is 1.98. The number of Topliss-reactive ketones (excluding diaryl/α,β-unsaturated/α-hetero) is 1. The normalized spacial score (nSPS) is 10.6. The first-order valence-corrected chi connectivity index (χ1v) is 6.64. The molecule has 0 heterocycles. The summed E-state index contributed by atoms with van der Waals surface area (Å²) in [6.07, 6.45) is 3.92. The molecule has 0 saturated carbocycles. The van der Waals surface area contributed by atoms with Crippen molar-refractivity contribution >= 4 is 17.9 Å². The predicted molar refractivity (Wildman–Crippen MR) is 84.9 cm³/mol. The summed E-state index contributed by atoms with van der Waals surface area (Å²) in [5.41, 5.74) is 2.66. The van der Waals surface area contributed by atoms with Crippen molar-refractivity contribution in [2.45, 2.75) is 6.92 Å². The number of ketones is 1. The zero-order chi connectivity index (χ0) is 15.2. The second kappa shape index (κ2) is 6.75. The summed E-state index contributed by atoms with van der Waals surface area (Å²) >= 11 is 0. The molecule has 0 saturated heterocycles. The van der Waals surface area contributed by atoms with Crippen molar-refractivity contribution in [2.75, 3.05) is 14.2 Å². The lowest BCUT2D eigenvalue weighted by molar-refractivity contribution is 0.101. The minimum atomic E-state index is 0.0632. The van der Waals surface area contributed by atoms with Crippen LogP contribution in [-0.4, -0.2) is 20.0 Å². The van der Waals surface area contributed by atoms with Gasteiger partial charge in [-0.1, -0.05) is 30.4 Å². The quantitative estimate of drug-likeness (QED) is 0.612. The maximum atomic E-state index is 11.4. The van der Waals surface area contributed by atoms with Gasteiger partial charge in [0.2, 0.25) is 0 Å². The van der Waals surface area contributed by atoms with E-state index in [0.717, 1.165) is 22.6 Å². The Morgan fingerprint density at radius 1 is 0.905 bits per heavy atom. The predicted octanol–water partition coefficient (Wildman–Crippen LogP) is 4.08. The third-order valence-corrected chi connectivity index (χ3v) is 3.14. The van der Waals surface area contributed by atoms with Gasteiger partial charge in [-0.3, -0.25) is 4.79 Å². The Morgan fingerprint density at radius 2 is 1.52 bits per heavy atom. The molecule has 0 aliphatic heterocycles. The monoisotopic (exact) mass is 282 g/mol. The van der Waals surface area contributed by atoms with Crippen LogP contribution in [0.2, 0.25) is 0 Å². The van der Waals surface area contributed by atoms with Crippen LogP contribution in [-0.2, 0) is 0 Å². The topological polar surface area (TPSA) is 35.5 Å². The van der Waals surface area contributed by atoms with Crippen molar-refractivity contribution in [3.63, 3.8) is 0 Å². The number of carbonyl (C=O) groups excluding carboxylic acids is 1. The first-order valence-electron chi connectivity index (χ1n) is 6.64. The van der Waals surface area contributed by atoms with E-state index in [1.807, 2.05) is 54.6 Å². The van der Waals surface area contributed by atoms with Gasteiger partial charge in [-0.05, 0) is 36.2 Å².